The van der Waals surface area contributed by atoms with E-state index in [1.54, 1.807) is 0 Å². The summed E-state index contributed by atoms with van der Waals surface area (Å²) in [5, 5.41) is 0. The van der Waals surface area contributed by atoms with Crippen molar-refractivity contribution >= 4 is 5.78 Å². The van der Waals surface area contributed by atoms with Crippen LogP contribution in [-0.4, -0.2) is 5.78 Å². The van der Waals surface area contributed by atoms with Gasteiger partial charge in [-0.15, -0.1) is 0 Å². The zero-order chi connectivity index (χ0) is 14.4. The summed E-state index contributed by atoms with van der Waals surface area (Å²) in [6, 6.07) is 8.42. The molecule has 0 amide bonds. The van der Waals surface area contributed by atoms with E-state index in [4.69, 9.17) is 0 Å². The van der Waals surface area contributed by atoms with Gasteiger partial charge in [-0.1, -0.05) is 24.3 Å². The van der Waals surface area contributed by atoms with E-state index in [0.29, 0.717) is 12.2 Å². The number of fused-ring (bicyclic) bond motifs is 1. The second kappa shape index (κ2) is 4.59. The van der Waals surface area contributed by atoms with Crippen LogP contribution in [0.1, 0.15) is 44.6 Å². The molecule has 2 aromatic carbocycles. The topological polar surface area (TPSA) is 17.1 Å². The molecular formula is C19H20O. The van der Waals surface area contributed by atoms with E-state index in [-0.39, 0.29) is 0 Å². The molecule has 1 aliphatic rings. The van der Waals surface area contributed by atoms with Crippen molar-refractivity contribution in [2.45, 2.75) is 40.5 Å². The fourth-order valence-electron chi connectivity index (χ4n) is 3.35. The van der Waals surface area contributed by atoms with Crippen LogP contribution in [0.3, 0.4) is 0 Å². The highest BCUT2D eigenvalue weighted by molar-refractivity contribution is 6.02. The van der Waals surface area contributed by atoms with Gasteiger partial charge in [0.05, 0.1) is 0 Å². The second-order valence-electron chi connectivity index (χ2n) is 5.89. The molecule has 0 N–H and O–H groups in total. The molecule has 0 aliphatic heterocycles. The molecule has 0 atom stereocenters. The van der Waals surface area contributed by atoms with E-state index in [1.165, 1.54) is 38.9 Å². The average molecular weight is 264 g/mol. The minimum absolute atomic E-state index is 0.293. The Morgan fingerprint density at radius 2 is 1.45 bits per heavy atom. The number of ketones is 1. The Balaban J connectivity index is 2.34. The van der Waals surface area contributed by atoms with Gasteiger partial charge in [0.2, 0.25) is 0 Å². The van der Waals surface area contributed by atoms with Gasteiger partial charge >= 0.3 is 0 Å². The minimum Gasteiger partial charge on any atom is -0.294 e. The normalized spacial score (nSPS) is 13.7. The third-order valence-electron chi connectivity index (χ3n) is 4.71. The first-order chi connectivity index (χ1) is 9.50. The summed E-state index contributed by atoms with van der Waals surface area (Å²) < 4.78 is 0. The molecule has 0 unspecified atom stereocenters. The lowest BCUT2D eigenvalue weighted by molar-refractivity contribution is 0.0994. The molecular weight excluding hydrogens is 244 g/mol. The Bertz CT molecular complexity index is 697. The van der Waals surface area contributed by atoms with Crippen molar-refractivity contribution in [3.8, 4) is 11.1 Å². The van der Waals surface area contributed by atoms with Crippen LogP contribution in [-0.2, 0) is 6.42 Å². The van der Waals surface area contributed by atoms with Crippen molar-refractivity contribution in [1.29, 1.82) is 0 Å². The van der Waals surface area contributed by atoms with Gasteiger partial charge in [-0.25, -0.2) is 0 Å². The van der Waals surface area contributed by atoms with Crippen LogP contribution >= 0.6 is 0 Å². The molecule has 1 aliphatic carbocycles. The lowest BCUT2D eigenvalue weighted by Crippen LogP contribution is -1.98. The number of benzene rings is 2. The van der Waals surface area contributed by atoms with Crippen molar-refractivity contribution in [1.82, 2.24) is 0 Å². The Kier molecular flexibility index (Phi) is 3.01. The van der Waals surface area contributed by atoms with Crippen molar-refractivity contribution in [3.63, 3.8) is 0 Å². The van der Waals surface area contributed by atoms with Gasteiger partial charge in [-0.3, -0.25) is 4.79 Å². The van der Waals surface area contributed by atoms with E-state index in [1.807, 2.05) is 12.1 Å². The third-order valence-corrected chi connectivity index (χ3v) is 4.71. The summed E-state index contributed by atoms with van der Waals surface area (Å²) in [5.41, 5.74) is 10.1. The summed E-state index contributed by atoms with van der Waals surface area (Å²) >= 11 is 0. The molecule has 2 aromatic rings. The fraction of sp³-hybridized carbons (Fsp3) is 0.316. The SMILES string of the molecule is Cc1cc(C)c(C)c(-c2cccc3c2CCC3=O)c1C. The minimum atomic E-state index is 0.293. The van der Waals surface area contributed by atoms with E-state index >= 15 is 0 Å². The molecule has 0 spiro atoms. The monoisotopic (exact) mass is 264 g/mol. The van der Waals surface area contributed by atoms with Crippen LogP contribution in [0.5, 0.6) is 0 Å². The van der Waals surface area contributed by atoms with Crippen LogP contribution in [0.15, 0.2) is 24.3 Å². The Hall–Kier alpha value is -1.89. The number of carbonyl (C=O) groups is 1. The van der Waals surface area contributed by atoms with Crippen molar-refractivity contribution in [2.24, 2.45) is 0 Å². The van der Waals surface area contributed by atoms with Crippen LogP contribution in [0.2, 0.25) is 0 Å². The second-order valence-corrected chi connectivity index (χ2v) is 5.89. The molecule has 1 heteroatoms. The van der Waals surface area contributed by atoms with Gasteiger partial charge in [-0.2, -0.15) is 0 Å². The summed E-state index contributed by atoms with van der Waals surface area (Å²) in [5.74, 6) is 0.293. The number of hydrogen-bond donors (Lipinski definition) is 0. The highest BCUT2D eigenvalue weighted by Gasteiger charge is 2.24. The molecule has 3 rings (SSSR count). The average Bonchev–Trinajstić information content (AvgIpc) is 2.80. The molecule has 1 nitrogen and oxygen atoms in total. The predicted octanol–water partition coefficient (Wildman–Crippen LogP) is 4.72. The van der Waals surface area contributed by atoms with Crippen LogP contribution in [0, 0.1) is 27.7 Å². The Labute approximate surface area is 120 Å². The van der Waals surface area contributed by atoms with Crippen molar-refractivity contribution < 1.29 is 4.79 Å². The molecule has 20 heavy (non-hydrogen) atoms. The quantitative estimate of drug-likeness (QED) is 0.728. The largest absolute Gasteiger partial charge is 0.294 e. The number of hydrogen-bond acceptors (Lipinski definition) is 1. The molecule has 0 fully saturated rings. The van der Waals surface area contributed by atoms with Crippen molar-refractivity contribution in [3.05, 3.63) is 57.6 Å². The molecule has 0 saturated heterocycles. The zero-order valence-corrected chi connectivity index (χ0v) is 12.6. The lowest BCUT2D eigenvalue weighted by atomic mass is 9.86. The van der Waals surface area contributed by atoms with Crippen LogP contribution < -0.4 is 0 Å². The van der Waals surface area contributed by atoms with Crippen LogP contribution in [0.4, 0.5) is 0 Å². The number of aryl methyl sites for hydroxylation is 2. The molecule has 102 valence electrons. The van der Waals surface area contributed by atoms with E-state index in [9.17, 15) is 4.79 Å². The molecule has 0 bridgehead atoms. The van der Waals surface area contributed by atoms with Gasteiger partial charge in [-0.05, 0) is 73.1 Å². The summed E-state index contributed by atoms with van der Waals surface area (Å²) in [7, 11) is 0. The molecule has 0 heterocycles. The van der Waals surface area contributed by atoms with Gasteiger partial charge in [0.15, 0.2) is 5.78 Å². The number of Topliss-reactive ketones (excluding diaryl/α,β-unsaturated/α-hetero) is 1. The first-order valence-corrected chi connectivity index (χ1v) is 7.23. The molecule has 0 saturated carbocycles. The van der Waals surface area contributed by atoms with E-state index < -0.39 is 0 Å². The Morgan fingerprint density at radius 3 is 2.10 bits per heavy atom. The first kappa shape index (κ1) is 13.1. The summed E-state index contributed by atoms with van der Waals surface area (Å²) in [6.07, 6.45) is 1.55. The first-order valence-electron chi connectivity index (χ1n) is 7.23. The van der Waals surface area contributed by atoms with E-state index in [0.717, 1.165) is 12.0 Å². The summed E-state index contributed by atoms with van der Waals surface area (Å²) in [4.78, 5) is 12.0. The number of rotatable bonds is 1. The molecule has 0 radical (unpaired) electrons. The van der Waals surface area contributed by atoms with E-state index in [2.05, 4.69) is 39.8 Å². The number of carbonyl (C=O) groups excluding carboxylic acids is 1. The lowest BCUT2D eigenvalue weighted by Gasteiger charge is -2.18. The third kappa shape index (κ3) is 1.81. The maximum atomic E-state index is 12.0. The smallest absolute Gasteiger partial charge is 0.163 e. The maximum Gasteiger partial charge on any atom is 0.163 e. The van der Waals surface area contributed by atoms with Crippen LogP contribution in [0.25, 0.3) is 11.1 Å². The fourth-order valence-corrected chi connectivity index (χ4v) is 3.35. The highest BCUT2D eigenvalue weighted by atomic mass is 16.1. The van der Waals surface area contributed by atoms with Gasteiger partial charge in [0.1, 0.15) is 0 Å². The standard InChI is InChI=1S/C19H20O/c1-11-10-12(2)14(4)19(13(11)3)17-7-5-6-16-15(17)8-9-18(16)20/h5-7,10H,8-9H2,1-4H3. The van der Waals surface area contributed by atoms with Gasteiger partial charge < -0.3 is 0 Å². The predicted molar refractivity (Wildman–Crippen MR) is 83.5 cm³/mol. The zero-order valence-electron chi connectivity index (χ0n) is 12.6. The van der Waals surface area contributed by atoms with Crippen molar-refractivity contribution in [2.75, 3.05) is 0 Å². The molecule has 0 aromatic heterocycles. The Morgan fingerprint density at radius 1 is 0.850 bits per heavy atom. The summed E-state index contributed by atoms with van der Waals surface area (Å²) in [6.45, 7) is 8.71. The van der Waals surface area contributed by atoms with Gasteiger partial charge in [0, 0.05) is 12.0 Å². The maximum absolute atomic E-state index is 12.0. The van der Waals surface area contributed by atoms with Gasteiger partial charge in [0.25, 0.3) is 0 Å². The highest BCUT2D eigenvalue weighted by Crippen LogP contribution is 2.37.